The van der Waals surface area contributed by atoms with Crippen LogP contribution in [0.3, 0.4) is 0 Å². The van der Waals surface area contributed by atoms with Crippen molar-refractivity contribution in [3.63, 3.8) is 0 Å². The highest BCUT2D eigenvalue weighted by Gasteiger charge is 2.26. The average molecular weight is 264 g/mol. The van der Waals surface area contributed by atoms with E-state index in [2.05, 4.69) is 10.6 Å². The second-order valence-corrected chi connectivity index (χ2v) is 5.40. The third-order valence-electron chi connectivity index (χ3n) is 3.51. The first-order valence-corrected chi connectivity index (χ1v) is 6.80. The molecule has 1 amide bonds. The Morgan fingerprint density at radius 2 is 2.05 bits per heavy atom. The number of nitrogens with one attached hydrogen (secondary N) is 2. The van der Waals surface area contributed by atoms with Gasteiger partial charge in [-0.3, -0.25) is 10.1 Å². The van der Waals surface area contributed by atoms with Crippen LogP contribution >= 0.6 is 0 Å². The van der Waals surface area contributed by atoms with E-state index in [0.717, 1.165) is 18.4 Å². The SMILES string of the molecule is Cc1ccc(C(C)NC(C)C(=O)NC2CC2)cc1F. The molecule has 1 aliphatic rings. The minimum atomic E-state index is -0.278. The molecule has 19 heavy (non-hydrogen) atoms. The van der Waals surface area contributed by atoms with Crippen LogP contribution in [0.2, 0.25) is 0 Å². The lowest BCUT2D eigenvalue weighted by Gasteiger charge is -2.20. The summed E-state index contributed by atoms with van der Waals surface area (Å²) in [6, 6.07) is 5.21. The number of halogens is 1. The van der Waals surface area contributed by atoms with E-state index < -0.39 is 0 Å². The molecule has 0 saturated heterocycles. The lowest BCUT2D eigenvalue weighted by molar-refractivity contribution is -0.123. The summed E-state index contributed by atoms with van der Waals surface area (Å²) in [5, 5.41) is 6.15. The number of carbonyl (C=O) groups is 1. The molecule has 0 spiro atoms. The maximum absolute atomic E-state index is 13.5. The van der Waals surface area contributed by atoms with Crippen molar-refractivity contribution in [3.05, 3.63) is 35.1 Å². The molecule has 1 aromatic rings. The summed E-state index contributed by atoms with van der Waals surface area (Å²) in [5.41, 5.74) is 1.49. The molecule has 0 heterocycles. The lowest BCUT2D eigenvalue weighted by atomic mass is 10.1. The highest BCUT2D eigenvalue weighted by atomic mass is 19.1. The van der Waals surface area contributed by atoms with Crippen LogP contribution in [0.5, 0.6) is 0 Å². The average Bonchev–Trinajstić information content (AvgIpc) is 3.16. The summed E-state index contributed by atoms with van der Waals surface area (Å²) < 4.78 is 13.5. The standard InChI is InChI=1S/C15H21FN2O/c1-9-4-5-12(8-14(9)16)10(2)17-11(3)15(19)18-13-6-7-13/h4-5,8,10-11,13,17H,6-7H2,1-3H3,(H,18,19). The summed E-state index contributed by atoms with van der Waals surface area (Å²) in [6.07, 6.45) is 2.16. The van der Waals surface area contributed by atoms with Gasteiger partial charge in [0.15, 0.2) is 0 Å². The summed E-state index contributed by atoms with van der Waals surface area (Å²) >= 11 is 0. The number of benzene rings is 1. The van der Waals surface area contributed by atoms with Gasteiger partial charge in [0.1, 0.15) is 5.82 Å². The first-order chi connectivity index (χ1) is 8.97. The van der Waals surface area contributed by atoms with Crippen molar-refractivity contribution in [2.75, 3.05) is 0 Å². The van der Waals surface area contributed by atoms with Crippen LogP contribution in [0.1, 0.15) is 43.9 Å². The monoisotopic (exact) mass is 264 g/mol. The Balaban J connectivity index is 1.93. The van der Waals surface area contributed by atoms with Crippen molar-refractivity contribution < 1.29 is 9.18 Å². The Morgan fingerprint density at radius 3 is 2.63 bits per heavy atom. The third-order valence-corrected chi connectivity index (χ3v) is 3.51. The molecule has 2 N–H and O–H groups in total. The molecule has 1 saturated carbocycles. The zero-order valence-corrected chi connectivity index (χ0v) is 11.7. The van der Waals surface area contributed by atoms with E-state index in [0.29, 0.717) is 11.6 Å². The first-order valence-electron chi connectivity index (χ1n) is 6.80. The predicted molar refractivity (Wildman–Crippen MR) is 73.3 cm³/mol. The molecule has 0 aliphatic heterocycles. The highest BCUT2D eigenvalue weighted by Crippen LogP contribution is 2.19. The van der Waals surface area contributed by atoms with E-state index in [4.69, 9.17) is 0 Å². The van der Waals surface area contributed by atoms with Crippen LogP contribution in [0, 0.1) is 12.7 Å². The topological polar surface area (TPSA) is 41.1 Å². The van der Waals surface area contributed by atoms with Gasteiger partial charge in [-0.1, -0.05) is 12.1 Å². The number of hydrogen-bond acceptors (Lipinski definition) is 2. The fraction of sp³-hybridized carbons (Fsp3) is 0.533. The molecule has 1 aliphatic carbocycles. The fourth-order valence-corrected chi connectivity index (χ4v) is 1.98. The maximum Gasteiger partial charge on any atom is 0.237 e. The van der Waals surface area contributed by atoms with Gasteiger partial charge in [-0.25, -0.2) is 4.39 Å². The van der Waals surface area contributed by atoms with Crippen molar-refractivity contribution in [2.45, 2.75) is 51.7 Å². The molecule has 0 aromatic heterocycles. The summed E-state index contributed by atoms with van der Waals surface area (Å²) in [4.78, 5) is 11.8. The summed E-state index contributed by atoms with van der Waals surface area (Å²) in [6.45, 7) is 5.51. The normalized spacial score (nSPS) is 17.9. The largest absolute Gasteiger partial charge is 0.352 e. The van der Waals surface area contributed by atoms with Gasteiger partial charge >= 0.3 is 0 Å². The van der Waals surface area contributed by atoms with Crippen molar-refractivity contribution in [1.82, 2.24) is 10.6 Å². The number of amides is 1. The van der Waals surface area contributed by atoms with Gasteiger partial charge in [-0.2, -0.15) is 0 Å². The molecule has 3 nitrogen and oxygen atoms in total. The smallest absolute Gasteiger partial charge is 0.237 e. The molecule has 4 heteroatoms. The van der Waals surface area contributed by atoms with E-state index in [9.17, 15) is 9.18 Å². The molecular weight excluding hydrogens is 243 g/mol. The zero-order chi connectivity index (χ0) is 14.0. The van der Waals surface area contributed by atoms with Crippen LogP contribution in [-0.2, 0) is 4.79 Å². The van der Waals surface area contributed by atoms with Crippen LogP contribution in [-0.4, -0.2) is 18.0 Å². The van der Waals surface area contributed by atoms with Gasteiger partial charge in [0.2, 0.25) is 5.91 Å². The minimum absolute atomic E-state index is 0.0157. The Hall–Kier alpha value is -1.42. The molecule has 2 atom stereocenters. The number of rotatable bonds is 5. The number of hydrogen-bond donors (Lipinski definition) is 2. The van der Waals surface area contributed by atoms with Gasteiger partial charge in [-0.05, 0) is 50.8 Å². The van der Waals surface area contributed by atoms with Gasteiger partial charge in [0.25, 0.3) is 0 Å². The van der Waals surface area contributed by atoms with Gasteiger partial charge in [0.05, 0.1) is 6.04 Å². The van der Waals surface area contributed by atoms with Crippen LogP contribution in [0.4, 0.5) is 4.39 Å². The van der Waals surface area contributed by atoms with E-state index in [1.807, 2.05) is 19.9 Å². The molecule has 0 radical (unpaired) electrons. The molecule has 1 aromatic carbocycles. The Bertz CT molecular complexity index is 471. The summed E-state index contributed by atoms with van der Waals surface area (Å²) in [5.74, 6) is -0.192. The molecule has 2 rings (SSSR count). The Kier molecular flexibility index (Phi) is 4.20. The molecular formula is C15H21FN2O. The van der Waals surface area contributed by atoms with Gasteiger partial charge in [0, 0.05) is 12.1 Å². The van der Waals surface area contributed by atoms with E-state index >= 15 is 0 Å². The zero-order valence-electron chi connectivity index (χ0n) is 11.7. The van der Waals surface area contributed by atoms with Crippen molar-refractivity contribution in [1.29, 1.82) is 0 Å². The second kappa shape index (κ2) is 5.70. The Morgan fingerprint density at radius 1 is 1.37 bits per heavy atom. The van der Waals surface area contributed by atoms with E-state index in [1.165, 1.54) is 6.07 Å². The minimum Gasteiger partial charge on any atom is -0.352 e. The second-order valence-electron chi connectivity index (χ2n) is 5.40. The number of aryl methyl sites for hydroxylation is 1. The maximum atomic E-state index is 13.5. The molecule has 0 bridgehead atoms. The Labute approximate surface area is 113 Å². The molecule has 1 fully saturated rings. The van der Waals surface area contributed by atoms with Gasteiger partial charge in [-0.15, -0.1) is 0 Å². The van der Waals surface area contributed by atoms with Crippen LogP contribution in [0.15, 0.2) is 18.2 Å². The van der Waals surface area contributed by atoms with E-state index in [-0.39, 0.29) is 23.8 Å². The number of carbonyl (C=O) groups excluding carboxylic acids is 1. The van der Waals surface area contributed by atoms with Crippen molar-refractivity contribution in [3.8, 4) is 0 Å². The first kappa shape index (κ1) is 14.0. The predicted octanol–water partition coefficient (Wildman–Crippen LogP) is 2.45. The fourth-order valence-electron chi connectivity index (χ4n) is 1.98. The third kappa shape index (κ3) is 3.77. The quantitative estimate of drug-likeness (QED) is 0.857. The van der Waals surface area contributed by atoms with E-state index in [1.54, 1.807) is 13.0 Å². The van der Waals surface area contributed by atoms with Crippen molar-refractivity contribution in [2.24, 2.45) is 0 Å². The van der Waals surface area contributed by atoms with Crippen molar-refractivity contribution >= 4 is 5.91 Å². The van der Waals surface area contributed by atoms with Crippen LogP contribution in [0.25, 0.3) is 0 Å². The highest BCUT2D eigenvalue weighted by molar-refractivity contribution is 5.81. The van der Waals surface area contributed by atoms with Crippen LogP contribution < -0.4 is 10.6 Å². The summed E-state index contributed by atoms with van der Waals surface area (Å²) in [7, 11) is 0. The lowest BCUT2D eigenvalue weighted by Crippen LogP contribution is -2.43. The molecule has 104 valence electrons. The van der Waals surface area contributed by atoms with Gasteiger partial charge < -0.3 is 5.32 Å². The molecule has 2 unspecified atom stereocenters.